The van der Waals surface area contributed by atoms with Crippen molar-refractivity contribution in [1.82, 2.24) is 13.5 Å². The Morgan fingerprint density at radius 2 is 2.00 bits per heavy atom. The van der Waals surface area contributed by atoms with Crippen LogP contribution in [0.1, 0.15) is 10.4 Å². The van der Waals surface area contributed by atoms with Crippen molar-refractivity contribution in [2.24, 2.45) is 7.05 Å². The van der Waals surface area contributed by atoms with E-state index in [0.717, 1.165) is 21.7 Å². The van der Waals surface area contributed by atoms with E-state index in [0.29, 0.717) is 0 Å². The van der Waals surface area contributed by atoms with Crippen LogP contribution in [-0.2, 0) is 13.6 Å². The van der Waals surface area contributed by atoms with Crippen LogP contribution < -0.4 is 11.2 Å². The van der Waals surface area contributed by atoms with Crippen LogP contribution in [0, 0.1) is 11.3 Å². The van der Waals surface area contributed by atoms with Crippen LogP contribution in [0.15, 0.2) is 39.9 Å². The Balaban J connectivity index is 2.31. The molecule has 2 aromatic heterocycles. The molecule has 0 aliphatic carbocycles. The molecule has 7 heteroatoms. The highest BCUT2D eigenvalue weighted by atomic mass is 32.1. The highest BCUT2D eigenvalue weighted by Gasteiger charge is 2.17. The molecular formula is C14H10N4O2S. The van der Waals surface area contributed by atoms with Gasteiger partial charge in [-0.3, -0.25) is 13.9 Å². The first-order valence-corrected chi connectivity index (χ1v) is 6.94. The maximum absolute atomic E-state index is 12.5. The summed E-state index contributed by atoms with van der Waals surface area (Å²) in [5.74, 6) is 0. The maximum atomic E-state index is 12.5. The minimum absolute atomic E-state index is 0.170. The van der Waals surface area contributed by atoms with Crippen molar-refractivity contribution in [2.75, 3.05) is 0 Å². The SMILES string of the molecule is Cn1c(=O)n(Cc2ccccc2)c(=O)c2c(C#N)snc21. The quantitative estimate of drug-likeness (QED) is 0.709. The molecule has 0 amide bonds. The fourth-order valence-corrected chi connectivity index (χ4v) is 2.88. The molecule has 3 rings (SSSR count). The van der Waals surface area contributed by atoms with Gasteiger partial charge in [-0.1, -0.05) is 30.3 Å². The van der Waals surface area contributed by atoms with Gasteiger partial charge in [0.1, 0.15) is 16.3 Å². The number of rotatable bonds is 2. The van der Waals surface area contributed by atoms with Crippen molar-refractivity contribution in [3.63, 3.8) is 0 Å². The molecule has 104 valence electrons. The number of hydrogen-bond donors (Lipinski definition) is 0. The number of fused-ring (bicyclic) bond motifs is 1. The molecule has 0 spiro atoms. The van der Waals surface area contributed by atoms with Crippen molar-refractivity contribution in [2.45, 2.75) is 6.54 Å². The lowest BCUT2D eigenvalue weighted by Gasteiger charge is -2.08. The fourth-order valence-electron chi connectivity index (χ4n) is 2.18. The Morgan fingerprint density at radius 1 is 1.29 bits per heavy atom. The van der Waals surface area contributed by atoms with Gasteiger partial charge >= 0.3 is 5.69 Å². The van der Waals surface area contributed by atoms with Gasteiger partial charge in [-0.25, -0.2) is 4.79 Å². The number of nitrogens with zero attached hydrogens (tertiary/aromatic N) is 4. The molecule has 0 N–H and O–H groups in total. The third kappa shape index (κ3) is 2.06. The molecule has 0 aliphatic rings. The third-order valence-corrected chi connectivity index (χ3v) is 4.00. The van der Waals surface area contributed by atoms with E-state index in [2.05, 4.69) is 4.37 Å². The minimum atomic E-state index is -0.470. The van der Waals surface area contributed by atoms with Crippen LogP contribution in [0.3, 0.4) is 0 Å². The summed E-state index contributed by atoms with van der Waals surface area (Å²) in [6, 6.07) is 11.2. The van der Waals surface area contributed by atoms with Crippen molar-refractivity contribution in [3.8, 4) is 6.07 Å². The number of aromatic nitrogens is 3. The van der Waals surface area contributed by atoms with Gasteiger partial charge in [0.25, 0.3) is 5.56 Å². The van der Waals surface area contributed by atoms with E-state index < -0.39 is 11.2 Å². The normalized spacial score (nSPS) is 10.7. The summed E-state index contributed by atoms with van der Waals surface area (Å²) < 4.78 is 6.46. The van der Waals surface area contributed by atoms with E-state index in [1.807, 2.05) is 36.4 Å². The van der Waals surface area contributed by atoms with E-state index in [9.17, 15) is 9.59 Å². The first kappa shape index (κ1) is 13.3. The number of nitriles is 1. The van der Waals surface area contributed by atoms with E-state index in [-0.39, 0.29) is 22.5 Å². The Morgan fingerprint density at radius 3 is 2.67 bits per heavy atom. The Kier molecular flexibility index (Phi) is 3.16. The van der Waals surface area contributed by atoms with Crippen LogP contribution in [0.5, 0.6) is 0 Å². The van der Waals surface area contributed by atoms with Crippen molar-refractivity contribution < 1.29 is 0 Å². The highest BCUT2D eigenvalue weighted by molar-refractivity contribution is 7.07. The molecule has 0 saturated heterocycles. The summed E-state index contributed by atoms with van der Waals surface area (Å²) >= 11 is 0.931. The van der Waals surface area contributed by atoms with E-state index in [4.69, 9.17) is 5.26 Å². The molecule has 0 radical (unpaired) electrons. The largest absolute Gasteiger partial charge is 0.332 e. The summed E-state index contributed by atoms with van der Waals surface area (Å²) in [6.45, 7) is 0.170. The average Bonchev–Trinajstić information content (AvgIpc) is 2.94. The van der Waals surface area contributed by atoms with Crippen molar-refractivity contribution in [3.05, 3.63) is 61.6 Å². The first-order valence-electron chi connectivity index (χ1n) is 6.16. The summed E-state index contributed by atoms with van der Waals surface area (Å²) in [4.78, 5) is 25.1. The molecule has 6 nitrogen and oxygen atoms in total. The molecule has 1 aromatic carbocycles. The third-order valence-electron chi connectivity index (χ3n) is 3.25. The Bertz CT molecular complexity index is 976. The molecule has 0 fully saturated rings. The Labute approximate surface area is 123 Å². The van der Waals surface area contributed by atoms with E-state index in [1.54, 1.807) is 7.05 Å². The summed E-state index contributed by atoms with van der Waals surface area (Å²) in [5.41, 5.74) is 0.196. The molecule has 3 aromatic rings. The molecule has 0 unspecified atom stereocenters. The lowest BCUT2D eigenvalue weighted by atomic mass is 10.2. The topological polar surface area (TPSA) is 80.7 Å². The van der Waals surface area contributed by atoms with Gasteiger partial charge in [0.05, 0.1) is 6.54 Å². The lowest BCUT2D eigenvalue weighted by molar-refractivity contribution is 0.658. The molecule has 0 atom stereocenters. The fraction of sp³-hybridized carbons (Fsp3) is 0.143. The predicted molar refractivity (Wildman–Crippen MR) is 79.4 cm³/mol. The van der Waals surface area contributed by atoms with Crippen LogP contribution in [0.4, 0.5) is 0 Å². The monoisotopic (exact) mass is 298 g/mol. The second kappa shape index (κ2) is 5.00. The second-order valence-electron chi connectivity index (χ2n) is 4.54. The second-order valence-corrected chi connectivity index (χ2v) is 5.31. The zero-order valence-electron chi connectivity index (χ0n) is 11.1. The smallest absolute Gasteiger partial charge is 0.280 e. The average molecular weight is 298 g/mol. The van der Waals surface area contributed by atoms with Gasteiger partial charge in [0.2, 0.25) is 0 Å². The molecular weight excluding hydrogens is 288 g/mol. The zero-order valence-corrected chi connectivity index (χ0v) is 11.9. The Hall–Kier alpha value is -2.72. The number of benzene rings is 1. The molecule has 0 saturated carbocycles. The summed E-state index contributed by atoms with van der Waals surface area (Å²) in [5, 5.41) is 9.28. The van der Waals surface area contributed by atoms with E-state index >= 15 is 0 Å². The molecule has 2 heterocycles. The van der Waals surface area contributed by atoms with Gasteiger partial charge in [0, 0.05) is 7.05 Å². The van der Waals surface area contributed by atoms with Gasteiger partial charge in [-0.15, -0.1) is 0 Å². The standard InChI is InChI=1S/C14H10N4O2S/c1-17-12-11(10(7-15)21-16-12)13(19)18(14(17)20)8-9-5-3-2-4-6-9/h2-6H,8H2,1H3. The van der Waals surface area contributed by atoms with Gasteiger partial charge in [-0.05, 0) is 17.1 Å². The van der Waals surface area contributed by atoms with Crippen molar-refractivity contribution in [1.29, 1.82) is 5.26 Å². The highest BCUT2D eigenvalue weighted by Crippen LogP contribution is 2.16. The predicted octanol–water partition coefficient (Wildman–Crippen LogP) is 1.08. The summed E-state index contributed by atoms with van der Waals surface area (Å²) in [7, 11) is 1.55. The zero-order chi connectivity index (χ0) is 15.0. The van der Waals surface area contributed by atoms with Gasteiger partial charge in [-0.2, -0.15) is 9.64 Å². The van der Waals surface area contributed by atoms with Crippen LogP contribution in [0.2, 0.25) is 0 Å². The summed E-state index contributed by atoms with van der Waals surface area (Å²) in [6.07, 6.45) is 0. The van der Waals surface area contributed by atoms with E-state index in [1.165, 1.54) is 4.57 Å². The van der Waals surface area contributed by atoms with Crippen LogP contribution >= 0.6 is 11.5 Å². The maximum Gasteiger partial charge on any atom is 0.332 e. The van der Waals surface area contributed by atoms with Gasteiger partial charge < -0.3 is 0 Å². The molecule has 0 bridgehead atoms. The minimum Gasteiger partial charge on any atom is -0.280 e. The van der Waals surface area contributed by atoms with Crippen LogP contribution in [0.25, 0.3) is 11.0 Å². The first-order chi connectivity index (χ1) is 10.1. The lowest BCUT2D eigenvalue weighted by Crippen LogP contribution is -2.39. The molecule has 0 aliphatic heterocycles. The van der Waals surface area contributed by atoms with Crippen LogP contribution in [-0.4, -0.2) is 13.5 Å². The number of aryl methyl sites for hydroxylation is 1. The van der Waals surface area contributed by atoms with Gasteiger partial charge in [0.15, 0.2) is 5.65 Å². The van der Waals surface area contributed by atoms with Crippen molar-refractivity contribution >= 4 is 22.6 Å². The molecule has 21 heavy (non-hydrogen) atoms. The number of hydrogen-bond acceptors (Lipinski definition) is 5.